The van der Waals surface area contributed by atoms with Crippen molar-refractivity contribution in [3.05, 3.63) is 81.6 Å². The number of benzene rings is 1. The van der Waals surface area contributed by atoms with Crippen molar-refractivity contribution >= 4 is 29.0 Å². The zero-order valence-electron chi connectivity index (χ0n) is 13.8. The Hall–Kier alpha value is -2.64. The van der Waals surface area contributed by atoms with Crippen molar-refractivity contribution in [1.29, 1.82) is 0 Å². The molecule has 26 heavy (non-hydrogen) atoms. The third-order valence-electron chi connectivity index (χ3n) is 3.89. The topological polar surface area (TPSA) is 65.1 Å². The van der Waals surface area contributed by atoms with E-state index in [-0.39, 0.29) is 5.56 Å². The molecule has 0 saturated carbocycles. The van der Waals surface area contributed by atoms with E-state index in [2.05, 4.69) is 15.2 Å². The van der Waals surface area contributed by atoms with Crippen molar-refractivity contribution in [3.63, 3.8) is 0 Å². The summed E-state index contributed by atoms with van der Waals surface area (Å²) in [7, 11) is 0. The first kappa shape index (κ1) is 16.8. The molecule has 0 unspecified atom stereocenters. The maximum absolute atomic E-state index is 12.4. The molecule has 4 aromatic rings. The van der Waals surface area contributed by atoms with E-state index in [0.717, 1.165) is 11.4 Å². The third kappa shape index (κ3) is 3.23. The van der Waals surface area contributed by atoms with Gasteiger partial charge in [-0.1, -0.05) is 35.5 Å². The molecule has 1 aromatic carbocycles. The maximum Gasteiger partial charge on any atom is 0.258 e. The fraction of sp³-hybridized carbons (Fsp3) is 0.111. The van der Waals surface area contributed by atoms with Crippen LogP contribution in [-0.4, -0.2) is 24.1 Å². The molecule has 0 radical (unpaired) electrons. The van der Waals surface area contributed by atoms with Gasteiger partial charge in [-0.2, -0.15) is 0 Å². The highest BCUT2D eigenvalue weighted by molar-refractivity contribution is 7.98. The molecular formula is C18H14ClN5OS. The van der Waals surface area contributed by atoms with Gasteiger partial charge >= 0.3 is 0 Å². The monoisotopic (exact) mass is 383 g/mol. The smallest absolute Gasteiger partial charge is 0.258 e. The van der Waals surface area contributed by atoms with Crippen molar-refractivity contribution in [2.75, 3.05) is 0 Å². The number of fused-ring (bicyclic) bond motifs is 1. The number of nitrogens with zero attached hydrogens (tertiary/aromatic N) is 5. The zero-order valence-corrected chi connectivity index (χ0v) is 15.4. The summed E-state index contributed by atoms with van der Waals surface area (Å²) in [4.78, 5) is 16.9. The van der Waals surface area contributed by atoms with Gasteiger partial charge in [0.15, 0.2) is 5.16 Å². The molecule has 0 saturated heterocycles. The standard InChI is InChI=1S/C18H14ClN5OS/c1-12-4-2-7-16-21-14(9-17(25)24(12)16)10-26-18-22-20-11-23(18)15-6-3-5-13(19)8-15/h2-9,11H,10H2,1H3. The molecule has 0 aliphatic rings. The number of hydrogen-bond acceptors (Lipinski definition) is 5. The summed E-state index contributed by atoms with van der Waals surface area (Å²) >= 11 is 7.53. The van der Waals surface area contributed by atoms with E-state index in [1.54, 1.807) is 16.8 Å². The summed E-state index contributed by atoms with van der Waals surface area (Å²) in [5.41, 5.74) is 3.00. The molecule has 130 valence electrons. The van der Waals surface area contributed by atoms with E-state index in [0.29, 0.717) is 27.3 Å². The number of halogens is 1. The Balaban J connectivity index is 1.62. The first-order valence-corrected chi connectivity index (χ1v) is 9.25. The fourth-order valence-corrected chi connectivity index (χ4v) is 3.71. The van der Waals surface area contributed by atoms with E-state index < -0.39 is 0 Å². The van der Waals surface area contributed by atoms with Gasteiger partial charge in [-0.05, 0) is 37.3 Å². The lowest BCUT2D eigenvalue weighted by atomic mass is 10.3. The lowest BCUT2D eigenvalue weighted by molar-refractivity contribution is 0.882. The molecule has 0 aliphatic heterocycles. The molecule has 0 amide bonds. The van der Waals surface area contributed by atoms with Crippen molar-refractivity contribution in [1.82, 2.24) is 24.1 Å². The third-order valence-corrected chi connectivity index (χ3v) is 5.10. The molecule has 0 N–H and O–H groups in total. The van der Waals surface area contributed by atoms with E-state index in [1.807, 2.05) is 54.0 Å². The summed E-state index contributed by atoms with van der Waals surface area (Å²) in [6, 6.07) is 14.6. The van der Waals surface area contributed by atoms with Gasteiger partial charge in [-0.15, -0.1) is 10.2 Å². The van der Waals surface area contributed by atoms with Gasteiger partial charge in [0, 0.05) is 22.5 Å². The minimum atomic E-state index is -0.0833. The van der Waals surface area contributed by atoms with E-state index in [9.17, 15) is 4.79 Å². The quantitative estimate of drug-likeness (QED) is 0.504. The fourth-order valence-electron chi connectivity index (χ4n) is 2.70. The number of pyridine rings is 1. The Morgan fingerprint density at radius 3 is 2.85 bits per heavy atom. The molecule has 0 spiro atoms. The highest BCUT2D eigenvalue weighted by Crippen LogP contribution is 2.24. The zero-order chi connectivity index (χ0) is 18.1. The molecule has 3 heterocycles. The molecule has 3 aromatic heterocycles. The van der Waals surface area contributed by atoms with E-state index in [4.69, 9.17) is 11.6 Å². The largest absolute Gasteiger partial charge is 0.277 e. The summed E-state index contributed by atoms with van der Waals surface area (Å²) in [6.07, 6.45) is 1.64. The first-order valence-electron chi connectivity index (χ1n) is 7.89. The van der Waals surface area contributed by atoms with Crippen molar-refractivity contribution < 1.29 is 0 Å². The van der Waals surface area contributed by atoms with Crippen LogP contribution in [0.3, 0.4) is 0 Å². The normalized spacial score (nSPS) is 11.2. The SMILES string of the molecule is Cc1cccc2nc(CSc3nncn3-c3cccc(Cl)c3)cc(=O)n12. The average molecular weight is 384 g/mol. The number of hydrogen-bond donors (Lipinski definition) is 0. The lowest BCUT2D eigenvalue weighted by Gasteiger charge is -2.08. The van der Waals surface area contributed by atoms with Gasteiger partial charge < -0.3 is 0 Å². The first-order chi connectivity index (χ1) is 12.6. The molecule has 0 aliphatic carbocycles. The average Bonchev–Trinajstić information content (AvgIpc) is 3.08. The summed E-state index contributed by atoms with van der Waals surface area (Å²) in [5.74, 6) is 0.513. The Kier molecular flexibility index (Phi) is 4.48. The van der Waals surface area contributed by atoms with Gasteiger partial charge in [-0.3, -0.25) is 13.8 Å². The number of thioether (sulfide) groups is 1. The second kappa shape index (κ2) is 6.93. The second-order valence-corrected chi connectivity index (χ2v) is 7.08. The second-order valence-electron chi connectivity index (χ2n) is 5.70. The van der Waals surface area contributed by atoms with Crippen LogP contribution >= 0.6 is 23.4 Å². The van der Waals surface area contributed by atoms with Crippen LogP contribution in [0.1, 0.15) is 11.4 Å². The Morgan fingerprint density at radius 2 is 2.00 bits per heavy atom. The van der Waals surface area contributed by atoms with E-state index >= 15 is 0 Å². The van der Waals surface area contributed by atoms with Crippen molar-refractivity contribution in [3.8, 4) is 5.69 Å². The van der Waals surface area contributed by atoms with Gasteiger partial charge in [0.2, 0.25) is 0 Å². The molecular weight excluding hydrogens is 370 g/mol. The lowest BCUT2D eigenvalue weighted by Crippen LogP contribution is -2.17. The predicted octanol–water partition coefficient (Wildman–Crippen LogP) is 3.53. The van der Waals surface area contributed by atoms with Crippen LogP contribution in [-0.2, 0) is 5.75 Å². The van der Waals surface area contributed by atoms with Gasteiger partial charge in [-0.25, -0.2) is 4.98 Å². The summed E-state index contributed by atoms with van der Waals surface area (Å²) < 4.78 is 3.46. The number of rotatable bonds is 4. The Labute approximate surface area is 158 Å². The number of aromatic nitrogens is 5. The molecule has 8 heteroatoms. The van der Waals surface area contributed by atoms with Gasteiger partial charge in [0.1, 0.15) is 12.0 Å². The van der Waals surface area contributed by atoms with Gasteiger partial charge in [0.25, 0.3) is 5.56 Å². The van der Waals surface area contributed by atoms with Crippen LogP contribution in [0, 0.1) is 6.92 Å². The van der Waals surface area contributed by atoms with Crippen molar-refractivity contribution in [2.45, 2.75) is 17.8 Å². The highest BCUT2D eigenvalue weighted by atomic mass is 35.5. The summed E-state index contributed by atoms with van der Waals surface area (Å²) in [6.45, 7) is 1.89. The summed E-state index contributed by atoms with van der Waals surface area (Å²) in [5, 5.41) is 9.49. The molecule has 0 fully saturated rings. The predicted molar refractivity (Wildman–Crippen MR) is 102 cm³/mol. The van der Waals surface area contributed by atoms with Gasteiger partial charge in [0.05, 0.1) is 11.4 Å². The number of aryl methyl sites for hydroxylation is 1. The molecule has 6 nitrogen and oxygen atoms in total. The minimum absolute atomic E-state index is 0.0833. The van der Waals surface area contributed by atoms with Crippen molar-refractivity contribution in [2.24, 2.45) is 0 Å². The van der Waals surface area contributed by atoms with E-state index in [1.165, 1.54) is 11.8 Å². The van der Waals surface area contributed by atoms with Crippen LogP contribution in [0.15, 0.2) is 64.8 Å². The Morgan fingerprint density at radius 1 is 1.15 bits per heavy atom. The highest BCUT2D eigenvalue weighted by Gasteiger charge is 2.10. The molecule has 0 bridgehead atoms. The minimum Gasteiger partial charge on any atom is -0.277 e. The van der Waals surface area contributed by atoms with Crippen LogP contribution in [0.5, 0.6) is 0 Å². The van der Waals surface area contributed by atoms with Crippen LogP contribution in [0.4, 0.5) is 0 Å². The van der Waals surface area contributed by atoms with Crippen LogP contribution in [0.2, 0.25) is 5.02 Å². The molecule has 0 atom stereocenters. The van der Waals surface area contributed by atoms with Crippen LogP contribution < -0.4 is 5.56 Å². The Bertz CT molecular complexity index is 1150. The molecule has 4 rings (SSSR count). The maximum atomic E-state index is 12.4. The van der Waals surface area contributed by atoms with Crippen LogP contribution in [0.25, 0.3) is 11.3 Å².